The van der Waals surface area contributed by atoms with E-state index in [9.17, 15) is 4.79 Å². The summed E-state index contributed by atoms with van der Waals surface area (Å²) in [4.78, 5) is 14.2. The SMILES string of the molecule is CC1CN(C)CCC1NC(=O)NCc1ccccc1. The van der Waals surface area contributed by atoms with Crippen molar-refractivity contribution in [2.24, 2.45) is 5.92 Å². The van der Waals surface area contributed by atoms with Gasteiger partial charge in [0.05, 0.1) is 0 Å². The highest BCUT2D eigenvalue weighted by atomic mass is 16.2. The van der Waals surface area contributed by atoms with Crippen LogP contribution in [0, 0.1) is 5.92 Å². The molecule has 0 saturated carbocycles. The maximum Gasteiger partial charge on any atom is 0.315 e. The second kappa shape index (κ2) is 6.57. The summed E-state index contributed by atoms with van der Waals surface area (Å²) in [6.07, 6.45) is 1.02. The Hall–Kier alpha value is -1.55. The van der Waals surface area contributed by atoms with E-state index in [1.54, 1.807) is 0 Å². The highest BCUT2D eigenvalue weighted by Crippen LogP contribution is 2.15. The second-order valence-corrected chi connectivity index (χ2v) is 5.45. The predicted molar refractivity (Wildman–Crippen MR) is 76.9 cm³/mol. The maximum atomic E-state index is 11.9. The molecule has 1 saturated heterocycles. The van der Waals surface area contributed by atoms with Crippen molar-refractivity contribution in [1.29, 1.82) is 0 Å². The number of urea groups is 1. The standard InChI is InChI=1S/C15H23N3O/c1-12-11-18(2)9-8-14(12)17-15(19)16-10-13-6-4-3-5-7-13/h3-7,12,14H,8-11H2,1-2H3,(H2,16,17,19). The lowest BCUT2D eigenvalue weighted by Crippen LogP contribution is -2.51. The molecule has 1 fully saturated rings. The Labute approximate surface area is 115 Å². The van der Waals surface area contributed by atoms with Crippen LogP contribution in [0.3, 0.4) is 0 Å². The summed E-state index contributed by atoms with van der Waals surface area (Å²) < 4.78 is 0. The molecular weight excluding hydrogens is 238 g/mol. The highest BCUT2D eigenvalue weighted by molar-refractivity contribution is 5.74. The van der Waals surface area contributed by atoms with Gasteiger partial charge in [-0.05, 0) is 31.5 Å². The van der Waals surface area contributed by atoms with Crippen LogP contribution in [0.15, 0.2) is 30.3 Å². The number of benzene rings is 1. The number of rotatable bonds is 3. The number of amides is 2. The van der Waals surface area contributed by atoms with E-state index in [-0.39, 0.29) is 12.1 Å². The molecule has 104 valence electrons. The van der Waals surface area contributed by atoms with Gasteiger partial charge in [-0.2, -0.15) is 0 Å². The van der Waals surface area contributed by atoms with Gasteiger partial charge in [-0.25, -0.2) is 4.79 Å². The Kier molecular flexibility index (Phi) is 4.80. The highest BCUT2D eigenvalue weighted by Gasteiger charge is 2.25. The van der Waals surface area contributed by atoms with Gasteiger partial charge in [0.15, 0.2) is 0 Å². The summed E-state index contributed by atoms with van der Waals surface area (Å²) >= 11 is 0. The molecule has 0 aliphatic carbocycles. The molecule has 2 unspecified atom stereocenters. The van der Waals surface area contributed by atoms with Gasteiger partial charge < -0.3 is 15.5 Å². The molecule has 19 heavy (non-hydrogen) atoms. The van der Waals surface area contributed by atoms with Gasteiger partial charge in [0.25, 0.3) is 0 Å². The number of carbonyl (C=O) groups excluding carboxylic acids is 1. The third kappa shape index (κ3) is 4.24. The first-order chi connectivity index (χ1) is 9.15. The predicted octanol–water partition coefficient (Wildman–Crippen LogP) is 1.83. The zero-order chi connectivity index (χ0) is 13.7. The molecule has 1 aromatic carbocycles. The van der Waals surface area contributed by atoms with Crippen molar-refractivity contribution in [1.82, 2.24) is 15.5 Å². The average molecular weight is 261 g/mol. The lowest BCUT2D eigenvalue weighted by Gasteiger charge is -2.35. The molecule has 1 aliphatic heterocycles. The number of hydrogen-bond acceptors (Lipinski definition) is 2. The summed E-state index contributed by atoms with van der Waals surface area (Å²) in [7, 11) is 2.13. The summed E-state index contributed by atoms with van der Waals surface area (Å²) in [5, 5.41) is 6.00. The molecule has 4 nitrogen and oxygen atoms in total. The lowest BCUT2D eigenvalue weighted by atomic mass is 9.94. The third-order valence-electron chi connectivity index (χ3n) is 3.72. The van der Waals surface area contributed by atoms with Crippen molar-refractivity contribution < 1.29 is 4.79 Å². The minimum atomic E-state index is -0.0646. The van der Waals surface area contributed by atoms with Crippen molar-refractivity contribution >= 4 is 6.03 Å². The largest absolute Gasteiger partial charge is 0.335 e. The number of carbonyl (C=O) groups is 1. The fraction of sp³-hybridized carbons (Fsp3) is 0.533. The maximum absolute atomic E-state index is 11.9. The van der Waals surface area contributed by atoms with Crippen LogP contribution in [-0.2, 0) is 6.54 Å². The van der Waals surface area contributed by atoms with Gasteiger partial charge in [-0.3, -0.25) is 0 Å². The first-order valence-electron chi connectivity index (χ1n) is 6.92. The van der Waals surface area contributed by atoms with Crippen LogP contribution < -0.4 is 10.6 Å². The zero-order valence-corrected chi connectivity index (χ0v) is 11.7. The monoisotopic (exact) mass is 261 g/mol. The number of likely N-dealkylation sites (tertiary alicyclic amines) is 1. The molecule has 2 rings (SSSR count). The Morgan fingerprint density at radius 1 is 1.37 bits per heavy atom. The smallest absolute Gasteiger partial charge is 0.315 e. The summed E-state index contributed by atoms with van der Waals surface area (Å²) in [5.41, 5.74) is 1.12. The topological polar surface area (TPSA) is 44.4 Å². The van der Waals surface area contributed by atoms with Crippen LogP contribution in [0.4, 0.5) is 4.79 Å². The normalized spacial score (nSPS) is 23.9. The van der Waals surface area contributed by atoms with Crippen molar-refractivity contribution in [3.8, 4) is 0 Å². The molecule has 0 bridgehead atoms. The third-order valence-corrected chi connectivity index (χ3v) is 3.72. The Morgan fingerprint density at radius 2 is 2.11 bits per heavy atom. The Morgan fingerprint density at radius 3 is 2.79 bits per heavy atom. The van der Waals surface area contributed by atoms with E-state index in [4.69, 9.17) is 0 Å². The van der Waals surface area contributed by atoms with Gasteiger partial charge in [-0.1, -0.05) is 37.3 Å². The molecular formula is C15H23N3O. The number of piperidine rings is 1. The first kappa shape index (κ1) is 13.9. The van der Waals surface area contributed by atoms with Crippen molar-refractivity contribution in [2.45, 2.75) is 25.9 Å². The van der Waals surface area contributed by atoms with Gasteiger partial charge in [0.2, 0.25) is 0 Å². The molecule has 2 N–H and O–H groups in total. The van der Waals surface area contributed by atoms with Gasteiger partial charge in [0, 0.05) is 19.1 Å². The van der Waals surface area contributed by atoms with E-state index < -0.39 is 0 Å². The van der Waals surface area contributed by atoms with Gasteiger partial charge >= 0.3 is 6.03 Å². The molecule has 1 aromatic rings. The quantitative estimate of drug-likeness (QED) is 0.872. The van der Waals surface area contributed by atoms with Crippen LogP contribution in [0.2, 0.25) is 0 Å². The van der Waals surface area contributed by atoms with Crippen molar-refractivity contribution in [2.75, 3.05) is 20.1 Å². The number of hydrogen-bond donors (Lipinski definition) is 2. The van der Waals surface area contributed by atoms with Crippen LogP contribution >= 0.6 is 0 Å². The summed E-state index contributed by atoms with van der Waals surface area (Å²) in [6, 6.07) is 10.2. The van der Waals surface area contributed by atoms with Crippen LogP contribution in [-0.4, -0.2) is 37.1 Å². The number of nitrogens with zero attached hydrogens (tertiary/aromatic N) is 1. The second-order valence-electron chi connectivity index (χ2n) is 5.45. The molecule has 0 radical (unpaired) electrons. The molecule has 0 spiro atoms. The average Bonchev–Trinajstić information content (AvgIpc) is 2.41. The van der Waals surface area contributed by atoms with E-state index in [0.717, 1.165) is 25.1 Å². The Bertz CT molecular complexity index is 407. The van der Waals surface area contributed by atoms with E-state index in [2.05, 4.69) is 29.5 Å². The van der Waals surface area contributed by atoms with Crippen LogP contribution in [0.1, 0.15) is 18.9 Å². The van der Waals surface area contributed by atoms with Crippen LogP contribution in [0.5, 0.6) is 0 Å². The van der Waals surface area contributed by atoms with E-state index in [0.29, 0.717) is 12.5 Å². The van der Waals surface area contributed by atoms with Crippen molar-refractivity contribution in [3.05, 3.63) is 35.9 Å². The molecule has 0 aromatic heterocycles. The zero-order valence-electron chi connectivity index (χ0n) is 11.7. The molecule has 1 aliphatic rings. The minimum Gasteiger partial charge on any atom is -0.335 e. The Balaban J connectivity index is 1.75. The first-order valence-corrected chi connectivity index (χ1v) is 6.92. The molecule has 2 amide bonds. The molecule has 1 heterocycles. The molecule has 4 heteroatoms. The molecule has 2 atom stereocenters. The fourth-order valence-corrected chi connectivity index (χ4v) is 2.57. The van der Waals surface area contributed by atoms with Crippen molar-refractivity contribution in [3.63, 3.8) is 0 Å². The van der Waals surface area contributed by atoms with Crippen LogP contribution in [0.25, 0.3) is 0 Å². The summed E-state index contributed by atoms with van der Waals surface area (Å²) in [5.74, 6) is 0.501. The minimum absolute atomic E-state index is 0.0646. The van der Waals surface area contributed by atoms with E-state index in [1.165, 1.54) is 0 Å². The fourth-order valence-electron chi connectivity index (χ4n) is 2.57. The van der Waals surface area contributed by atoms with E-state index in [1.807, 2.05) is 30.3 Å². The van der Waals surface area contributed by atoms with E-state index >= 15 is 0 Å². The summed E-state index contributed by atoms with van der Waals surface area (Å²) in [6.45, 7) is 4.86. The number of nitrogens with one attached hydrogen (secondary N) is 2. The lowest BCUT2D eigenvalue weighted by molar-refractivity contribution is 0.172. The van der Waals surface area contributed by atoms with Gasteiger partial charge in [-0.15, -0.1) is 0 Å². The van der Waals surface area contributed by atoms with Gasteiger partial charge in [0.1, 0.15) is 0 Å².